The molecule has 61 heavy (non-hydrogen) atoms. The maximum absolute atomic E-state index is 14.0. The predicted octanol–water partition coefficient (Wildman–Crippen LogP) is 2.82. The van der Waals surface area contributed by atoms with E-state index < -0.39 is 23.6 Å². The highest BCUT2D eigenvalue weighted by Gasteiger charge is 2.48. The number of rotatable bonds is 15. The second-order valence-electron chi connectivity index (χ2n) is 15.5. The maximum atomic E-state index is 14.0. The van der Waals surface area contributed by atoms with Gasteiger partial charge in [0.2, 0.25) is 23.7 Å². The van der Waals surface area contributed by atoms with Crippen molar-refractivity contribution in [3.8, 4) is 5.75 Å². The zero-order chi connectivity index (χ0) is 43.3. The molecule has 2 aliphatic heterocycles. The van der Waals surface area contributed by atoms with Gasteiger partial charge in [0.05, 0.1) is 53.9 Å². The van der Waals surface area contributed by atoms with Gasteiger partial charge >= 0.3 is 0 Å². The van der Waals surface area contributed by atoms with Crippen LogP contribution in [0.5, 0.6) is 5.75 Å². The second kappa shape index (κ2) is 15.8. The van der Waals surface area contributed by atoms with E-state index in [4.69, 9.17) is 36.6 Å². The topological polar surface area (TPSA) is 263 Å². The Morgan fingerprint density at radius 3 is 1.98 bits per heavy atom. The zero-order valence-corrected chi connectivity index (χ0v) is 34.6. The summed E-state index contributed by atoms with van der Waals surface area (Å²) in [5.41, 5.74) is 23.3. The van der Waals surface area contributed by atoms with Crippen LogP contribution in [0.4, 0.5) is 17.6 Å². The van der Waals surface area contributed by atoms with Gasteiger partial charge in [-0.1, -0.05) is 12.2 Å². The molecule has 0 saturated carbocycles. The summed E-state index contributed by atoms with van der Waals surface area (Å²) in [6.07, 6.45) is 3.76. The molecule has 4 aromatic heterocycles. The van der Waals surface area contributed by atoms with Gasteiger partial charge in [0.25, 0.3) is 11.8 Å². The number of aromatic nitrogens is 8. The van der Waals surface area contributed by atoms with Crippen LogP contribution in [0, 0.1) is 19.3 Å². The maximum Gasteiger partial charge on any atom is 0.278 e. The lowest BCUT2D eigenvalue weighted by Gasteiger charge is -2.55. The van der Waals surface area contributed by atoms with Crippen LogP contribution >= 0.6 is 0 Å². The van der Waals surface area contributed by atoms with E-state index in [2.05, 4.69) is 25.7 Å². The van der Waals surface area contributed by atoms with Gasteiger partial charge in [0.1, 0.15) is 22.7 Å². The number of carbonyl (C=O) groups is 4. The fourth-order valence-corrected chi connectivity index (χ4v) is 8.24. The molecular formula is C41H48N14O6. The number of nitrogens with one attached hydrogen (secondary N) is 2. The van der Waals surface area contributed by atoms with Crippen LogP contribution in [-0.2, 0) is 37.5 Å². The number of methoxy groups -OCH3 is 1. The summed E-state index contributed by atoms with van der Waals surface area (Å²) in [6, 6.07) is 8.16. The Kier molecular flexibility index (Phi) is 10.6. The normalized spacial score (nSPS) is 14.8. The molecule has 0 bridgehead atoms. The van der Waals surface area contributed by atoms with Crippen molar-refractivity contribution in [3.63, 3.8) is 0 Å². The number of nitrogen functional groups attached to an aromatic ring is 1. The molecule has 2 fully saturated rings. The van der Waals surface area contributed by atoms with E-state index in [0.717, 1.165) is 31.9 Å². The van der Waals surface area contributed by atoms with Crippen molar-refractivity contribution >= 4 is 63.3 Å². The zero-order valence-electron chi connectivity index (χ0n) is 34.6. The minimum absolute atomic E-state index is 0.152. The summed E-state index contributed by atoms with van der Waals surface area (Å²) in [4.78, 5) is 64.3. The standard InChI is InChI=1S/C41H48N14O6/c1-6-54-29(12-22(3)49-54)37(58)47-39-46-28-15-25(36(44)57)16-30(60-5)33(28)53(39)11-9-8-10-52-32-26(17-51-18-41(19-51)20-61-21-41)13-24(35(43)56)14-27(32)45-40(52)48-38(59)34-31(42)23(4)50-55(34)7-2/h8-9,12-16H,6-7,10-11,17-21,42H2,1-5H3,(H2,43,56)(H2,44,57)(H,45,48,59)(H,46,47,58)/b9-8+. The first kappa shape index (κ1) is 40.7. The number of nitrogens with two attached hydrogens (primary N) is 3. The third kappa shape index (κ3) is 7.43. The fourth-order valence-electron chi connectivity index (χ4n) is 8.24. The van der Waals surface area contributed by atoms with Gasteiger partial charge < -0.3 is 35.8 Å². The number of ether oxygens (including phenoxy) is 2. The Hall–Kier alpha value is -7.06. The summed E-state index contributed by atoms with van der Waals surface area (Å²) >= 11 is 0. The Labute approximate surface area is 349 Å². The molecule has 2 aromatic carbocycles. The first-order chi connectivity index (χ1) is 29.2. The number of primary amides is 2. The van der Waals surface area contributed by atoms with Crippen molar-refractivity contribution in [1.82, 2.24) is 43.6 Å². The number of imidazole rings is 2. The van der Waals surface area contributed by atoms with Crippen LogP contribution < -0.4 is 32.6 Å². The molecule has 0 aliphatic carbocycles. The predicted molar refractivity (Wildman–Crippen MR) is 226 cm³/mol. The number of likely N-dealkylation sites (tertiary alicyclic amines) is 1. The average Bonchev–Trinajstić information content (AvgIpc) is 3.94. The molecule has 20 nitrogen and oxygen atoms in total. The van der Waals surface area contributed by atoms with Crippen molar-refractivity contribution in [2.24, 2.45) is 16.9 Å². The molecule has 4 amide bonds. The highest BCUT2D eigenvalue weighted by molar-refractivity contribution is 6.07. The fraction of sp³-hybridized carbons (Fsp3) is 0.366. The Morgan fingerprint density at radius 1 is 0.820 bits per heavy atom. The number of allylic oxidation sites excluding steroid dienone is 2. The average molecular weight is 833 g/mol. The quantitative estimate of drug-likeness (QED) is 0.0936. The van der Waals surface area contributed by atoms with Gasteiger partial charge in [-0.05, 0) is 63.6 Å². The smallest absolute Gasteiger partial charge is 0.278 e. The Morgan fingerprint density at radius 2 is 1.41 bits per heavy atom. The third-order valence-electron chi connectivity index (χ3n) is 11.2. The lowest BCUT2D eigenvalue weighted by Crippen LogP contribution is -2.65. The summed E-state index contributed by atoms with van der Waals surface area (Å²) < 4.78 is 18.0. The molecule has 0 unspecified atom stereocenters. The van der Waals surface area contributed by atoms with Gasteiger partial charge in [-0.25, -0.2) is 9.97 Å². The first-order valence-corrected chi connectivity index (χ1v) is 19.9. The monoisotopic (exact) mass is 832 g/mol. The van der Waals surface area contributed by atoms with Crippen molar-refractivity contribution in [3.05, 3.63) is 81.9 Å². The van der Waals surface area contributed by atoms with Gasteiger partial charge in [-0.3, -0.25) is 44.1 Å². The molecule has 2 saturated heterocycles. The van der Waals surface area contributed by atoms with E-state index in [9.17, 15) is 19.2 Å². The number of hydrogen-bond acceptors (Lipinski definition) is 12. The van der Waals surface area contributed by atoms with Crippen molar-refractivity contribution in [2.75, 3.05) is 49.8 Å². The van der Waals surface area contributed by atoms with E-state index >= 15 is 0 Å². The first-order valence-electron chi connectivity index (χ1n) is 19.9. The molecule has 318 valence electrons. The highest BCUT2D eigenvalue weighted by Crippen LogP contribution is 2.39. The van der Waals surface area contributed by atoms with Crippen molar-refractivity contribution in [2.45, 2.75) is 60.4 Å². The summed E-state index contributed by atoms with van der Waals surface area (Å²) in [7, 11) is 1.47. The van der Waals surface area contributed by atoms with Gasteiger partial charge in [0, 0.05) is 62.4 Å². The van der Waals surface area contributed by atoms with E-state index in [1.807, 2.05) is 30.6 Å². The molecule has 8 rings (SSSR count). The van der Waals surface area contributed by atoms with E-state index in [-0.39, 0.29) is 47.3 Å². The molecule has 6 aromatic rings. The number of amides is 4. The van der Waals surface area contributed by atoms with Crippen LogP contribution in [0.25, 0.3) is 22.1 Å². The van der Waals surface area contributed by atoms with Gasteiger partial charge in [-0.15, -0.1) is 0 Å². The van der Waals surface area contributed by atoms with Crippen molar-refractivity contribution < 1.29 is 28.7 Å². The molecule has 6 heterocycles. The number of fused-ring (bicyclic) bond motifs is 2. The number of aryl methyl sites for hydroxylation is 4. The molecule has 2 aliphatic rings. The van der Waals surface area contributed by atoms with Crippen LogP contribution in [0.3, 0.4) is 0 Å². The summed E-state index contributed by atoms with van der Waals surface area (Å²) in [6.45, 7) is 12.2. The molecular weight excluding hydrogens is 785 g/mol. The van der Waals surface area contributed by atoms with E-state index in [0.29, 0.717) is 70.1 Å². The SMILES string of the molecule is CCn1nc(C)cc1C(=O)Nc1nc2cc(C(N)=O)cc(OC)c2n1C/C=C/Cn1c(NC(=O)c2c(N)c(C)nn2CC)nc2cc(C(N)=O)cc(CN3CC4(COC4)C3)c21. The van der Waals surface area contributed by atoms with Crippen LogP contribution in [0.1, 0.15) is 72.5 Å². The number of hydrogen-bond donors (Lipinski definition) is 5. The Bertz CT molecular complexity index is 2780. The summed E-state index contributed by atoms with van der Waals surface area (Å²) in [5, 5.41) is 14.7. The van der Waals surface area contributed by atoms with Crippen LogP contribution in [0.15, 0.2) is 42.5 Å². The molecule has 1 spiro atoms. The largest absolute Gasteiger partial charge is 0.494 e. The summed E-state index contributed by atoms with van der Waals surface area (Å²) in [5.74, 6) is -1.47. The lowest BCUT2D eigenvalue weighted by atomic mass is 9.78. The van der Waals surface area contributed by atoms with Gasteiger partial charge in [0.15, 0.2) is 0 Å². The minimum Gasteiger partial charge on any atom is -0.494 e. The Balaban J connectivity index is 1.18. The van der Waals surface area contributed by atoms with Gasteiger partial charge in [-0.2, -0.15) is 10.2 Å². The number of anilines is 3. The van der Waals surface area contributed by atoms with Crippen LogP contribution in [-0.4, -0.2) is 101 Å². The second-order valence-corrected chi connectivity index (χ2v) is 15.5. The van der Waals surface area contributed by atoms with Crippen molar-refractivity contribution in [1.29, 1.82) is 0 Å². The third-order valence-corrected chi connectivity index (χ3v) is 11.2. The molecule has 20 heteroatoms. The number of nitrogens with zero attached hydrogens (tertiary/aromatic N) is 9. The minimum atomic E-state index is -0.664. The highest BCUT2D eigenvalue weighted by atomic mass is 16.5. The lowest BCUT2D eigenvalue weighted by molar-refractivity contribution is -0.191. The molecule has 0 radical (unpaired) electrons. The molecule has 8 N–H and O–H groups in total. The molecule has 0 atom stereocenters. The van der Waals surface area contributed by atoms with E-state index in [1.165, 1.54) is 17.9 Å². The van der Waals surface area contributed by atoms with Crippen LogP contribution in [0.2, 0.25) is 0 Å². The van der Waals surface area contributed by atoms with E-state index in [1.54, 1.807) is 47.4 Å². The number of carbonyl (C=O) groups excluding carboxylic acids is 4. The number of benzene rings is 2.